The van der Waals surface area contributed by atoms with Crippen LogP contribution >= 0.6 is 34.5 Å². The van der Waals surface area contributed by atoms with E-state index in [1.807, 2.05) is 0 Å². The van der Waals surface area contributed by atoms with Crippen molar-refractivity contribution in [3.05, 3.63) is 85.5 Å². The van der Waals surface area contributed by atoms with Crippen molar-refractivity contribution in [3.63, 3.8) is 0 Å². The number of carboxylic acid groups (broad SMARTS) is 1. The second-order valence-corrected chi connectivity index (χ2v) is 9.01. The molecule has 9 nitrogen and oxygen atoms in total. The topological polar surface area (TPSA) is 136 Å². The fourth-order valence-corrected chi connectivity index (χ4v) is 4.23. The number of aliphatic carboxylic acids is 1. The van der Waals surface area contributed by atoms with Gasteiger partial charge in [-0.1, -0.05) is 35.3 Å². The van der Waals surface area contributed by atoms with Gasteiger partial charge in [0.2, 0.25) is 0 Å². The Bertz CT molecular complexity index is 1300. The second kappa shape index (κ2) is 11.3. The van der Waals surface area contributed by atoms with Gasteiger partial charge < -0.3 is 15.5 Å². The number of hydrogen-bond donors (Lipinski definition) is 4. The number of hydrazine groups is 1. The van der Waals surface area contributed by atoms with Crippen molar-refractivity contribution >= 4 is 58.2 Å². The SMILES string of the molecule is C[C@H](NN(C(=O)c1ccc(C(=O)NCc2cccc(O)c2)cc1Cl)C(=O)c1sccc1Cl)C(=O)O. The minimum Gasteiger partial charge on any atom is -0.508 e. The lowest BCUT2D eigenvalue weighted by Crippen LogP contribution is -2.53. The first-order valence-electron chi connectivity index (χ1n) is 10.0. The number of rotatable bonds is 8. The Kier molecular flexibility index (Phi) is 8.47. The molecule has 0 aliphatic carbocycles. The van der Waals surface area contributed by atoms with Crippen LogP contribution < -0.4 is 10.7 Å². The van der Waals surface area contributed by atoms with E-state index in [2.05, 4.69) is 10.7 Å². The predicted molar refractivity (Wildman–Crippen MR) is 131 cm³/mol. The van der Waals surface area contributed by atoms with Crippen LogP contribution in [-0.2, 0) is 11.3 Å². The molecule has 3 rings (SSSR count). The van der Waals surface area contributed by atoms with Crippen molar-refractivity contribution < 1.29 is 29.4 Å². The summed E-state index contributed by atoms with van der Waals surface area (Å²) in [7, 11) is 0. The summed E-state index contributed by atoms with van der Waals surface area (Å²) < 4.78 is 0. The zero-order chi connectivity index (χ0) is 25.7. The van der Waals surface area contributed by atoms with E-state index in [4.69, 9.17) is 23.2 Å². The van der Waals surface area contributed by atoms with E-state index in [0.717, 1.165) is 11.3 Å². The average molecular weight is 536 g/mol. The number of amides is 3. The van der Waals surface area contributed by atoms with Crippen LogP contribution in [0.15, 0.2) is 53.9 Å². The quantitative estimate of drug-likeness (QED) is 0.253. The van der Waals surface area contributed by atoms with Gasteiger partial charge in [0.15, 0.2) is 0 Å². The summed E-state index contributed by atoms with van der Waals surface area (Å²) >= 11 is 13.3. The maximum Gasteiger partial charge on any atom is 0.322 e. The number of hydrogen-bond acceptors (Lipinski definition) is 7. The maximum atomic E-state index is 13.2. The van der Waals surface area contributed by atoms with Gasteiger partial charge in [0.25, 0.3) is 17.7 Å². The van der Waals surface area contributed by atoms with E-state index in [0.29, 0.717) is 10.6 Å². The van der Waals surface area contributed by atoms with Gasteiger partial charge >= 0.3 is 5.97 Å². The van der Waals surface area contributed by atoms with Crippen LogP contribution in [0.5, 0.6) is 5.75 Å². The fraction of sp³-hybridized carbons (Fsp3) is 0.130. The number of halogens is 2. The highest BCUT2D eigenvalue weighted by Gasteiger charge is 2.31. The number of aromatic hydroxyl groups is 1. The molecule has 3 amide bonds. The van der Waals surface area contributed by atoms with Gasteiger partial charge in [0, 0.05) is 12.1 Å². The lowest BCUT2D eigenvalue weighted by Gasteiger charge is -2.24. The number of benzene rings is 2. The molecule has 0 spiro atoms. The molecule has 1 aromatic heterocycles. The number of phenols is 1. The molecule has 4 N–H and O–H groups in total. The minimum absolute atomic E-state index is 0.0316. The Morgan fingerprint density at radius 1 is 1.03 bits per heavy atom. The molecular weight excluding hydrogens is 517 g/mol. The number of imide groups is 1. The van der Waals surface area contributed by atoms with Gasteiger partial charge in [-0.2, -0.15) is 0 Å². The minimum atomic E-state index is -1.29. The largest absolute Gasteiger partial charge is 0.508 e. The summed E-state index contributed by atoms with van der Waals surface area (Å²) in [4.78, 5) is 50.0. The van der Waals surface area contributed by atoms with Crippen molar-refractivity contribution in [2.45, 2.75) is 19.5 Å². The average Bonchev–Trinajstić information content (AvgIpc) is 3.25. The predicted octanol–water partition coefficient (Wildman–Crippen LogP) is 3.95. The van der Waals surface area contributed by atoms with Crippen molar-refractivity contribution in [2.24, 2.45) is 0 Å². The summed E-state index contributed by atoms with van der Waals surface area (Å²) in [6.45, 7) is 1.40. The van der Waals surface area contributed by atoms with Gasteiger partial charge in [-0.15, -0.1) is 11.3 Å². The first-order chi connectivity index (χ1) is 16.6. The maximum absolute atomic E-state index is 13.2. The summed E-state index contributed by atoms with van der Waals surface area (Å²) in [6, 6.07) is 10.4. The summed E-state index contributed by atoms with van der Waals surface area (Å²) in [5, 5.41) is 23.5. The number of thiophene rings is 1. The second-order valence-electron chi connectivity index (χ2n) is 7.28. The van der Waals surface area contributed by atoms with Crippen LogP contribution in [0.2, 0.25) is 10.0 Å². The smallest absolute Gasteiger partial charge is 0.322 e. The highest BCUT2D eigenvalue weighted by atomic mass is 35.5. The van der Waals surface area contributed by atoms with Crippen LogP contribution in [-0.4, -0.2) is 45.0 Å². The van der Waals surface area contributed by atoms with Crippen LogP contribution in [0.3, 0.4) is 0 Å². The summed E-state index contributed by atoms with van der Waals surface area (Å²) in [5.41, 5.74) is 3.05. The number of carboxylic acids is 1. The van der Waals surface area contributed by atoms with Crippen LogP contribution in [0.25, 0.3) is 0 Å². The highest BCUT2D eigenvalue weighted by Crippen LogP contribution is 2.26. The van der Waals surface area contributed by atoms with E-state index in [9.17, 15) is 29.4 Å². The number of nitrogens with one attached hydrogen (secondary N) is 2. The molecule has 0 unspecified atom stereocenters. The Morgan fingerprint density at radius 3 is 2.37 bits per heavy atom. The molecule has 3 aromatic rings. The van der Waals surface area contributed by atoms with Gasteiger partial charge in [0.1, 0.15) is 16.7 Å². The van der Waals surface area contributed by atoms with Gasteiger partial charge in [-0.05, 0) is 54.3 Å². The molecule has 0 fully saturated rings. The molecule has 0 saturated carbocycles. The van der Waals surface area contributed by atoms with Crippen molar-refractivity contribution in [1.29, 1.82) is 0 Å². The molecular formula is C23H19Cl2N3O6S. The third-order valence-electron chi connectivity index (χ3n) is 4.74. The van der Waals surface area contributed by atoms with Crippen LogP contribution in [0.1, 0.15) is 42.9 Å². The zero-order valence-corrected chi connectivity index (χ0v) is 20.4. The molecule has 35 heavy (non-hydrogen) atoms. The molecule has 1 atom stereocenters. The lowest BCUT2D eigenvalue weighted by atomic mass is 10.1. The first kappa shape index (κ1) is 26.2. The Morgan fingerprint density at radius 2 is 1.77 bits per heavy atom. The summed E-state index contributed by atoms with van der Waals surface area (Å²) in [5.74, 6) is -3.49. The molecule has 182 valence electrons. The van der Waals surface area contributed by atoms with Gasteiger partial charge in [-0.25, -0.2) is 10.4 Å². The van der Waals surface area contributed by atoms with Crippen LogP contribution in [0.4, 0.5) is 0 Å². The Hall–Kier alpha value is -3.44. The Labute approximate surface area is 213 Å². The highest BCUT2D eigenvalue weighted by molar-refractivity contribution is 7.12. The standard InChI is InChI=1S/C23H19Cl2N3O6S/c1-12(23(33)34)27-28(22(32)19-17(24)7-8-35-19)21(31)16-6-5-14(10-18(16)25)20(30)26-11-13-3-2-4-15(29)9-13/h2-10,12,27,29H,11H2,1H3,(H,26,30)(H,33,34)/t12-/m0/s1. The monoisotopic (exact) mass is 535 g/mol. The van der Waals surface area contributed by atoms with Crippen molar-refractivity contribution in [1.82, 2.24) is 15.8 Å². The molecule has 0 bridgehead atoms. The number of carbonyl (C=O) groups is 4. The first-order valence-corrected chi connectivity index (χ1v) is 11.7. The van der Waals surface area contributed by atoms with Crippen LogP contribution in [0, 0.1) is 0 Å². The lowest BCUT2D eigenvalue weighted by molar-refractivity contribution is -0.139. The van der Waals surface area contributed by atoms with Crippen molar-refractivity contribution in [2.75, 3.05) is 0 Å². The van der Waals surface area contributed by atoms with Gasteiger partial charge in [-0.3, -0.25) is 19.2 Å². The van der Waals surface area contributed by atoms with Gasteiger partial charge in [0.05, 0.1) is 15.6 Å². The van der Waals surface area contributed by atoms with E-state index < -0.39 is 29.7 Å². The summed E-state index contributed by atoms with van der Waals surface area (Å²) in [6.07, 6.45) is 0. The third-order valence-corrected chi connectivity index (χ3v) is 6.38. The molecule has 12 heteroatoms. The number of phenolic OH excluding ortho intramolecular Hbond substituents is 1. The Balaban J connectivity index is 1.82. The third kappa shape index (κ3) is 6.37. The molecule has 0 aliphatic rings. The molecule has 2 aromatic carbocycles. The molecule has 1 heterocycles. The van der Waals surface area contributed by atoms with E-state index in [1.54, 1.807) is 17.5 Å². The van der Waals surface area contributed by atoms with E-state index >= 15 is 0 Å². The number of nitrogens with zero attached hydrogens (tertiary/aromatic N) is 1. The molecule has 0 radical (unpaired) electrons. The van der Waals surface area contributed by atoms with E-state index in [-0.39, 0.29) is 38.3 Å². The molecule has 0 saturated heterocycles. The number of carbonyl (C=O) groups excluding carboxylic acids is 3. The normalized spacial score (nSPS) is 11.5. The molecule has 0 aliphatic heterocycles. The zero-order valence-electron chi connectivity index (χ0n) is 18.1. The van der Waals surface area contributed by atoms with Crippen molar-refractivity contribution in [3.8, 4) is 5.75 Å². The fourth-order valence-electron chi connectivity index (χ4n) is 2.91. The van der Waals surface area contributed by atoms with E-state index in [1.165, 1.54) is 43.3 Å².